The Labute approximate surface area is 54.7 Å². The van der Waals surface area contributed by atoms with Crippen LogP contribution in [0.3, 0.4) is 0 Å². The van der Waals surface area contributed by atoms with E-state index in [1.807, 2.05) is 0 Å². The summed E-state index contributed by atoms with van der Waals surface area (Å²) in [6.45, 7) is 0. The molecule has 0 amide bonds. The molecule has 9 heteroatoms. The minimum atomic E-state index is -6.47. The SMILES string of the molecule is [O]=[Re](=[O])(=[O])[O][Re](=[O])(=[O])=[O]. The predicted octanol–water partition coefficient (Wildman–Crippen LogP) is -0.786. The van der Waals surface area contributed by atoms with E-state index in [0.717, 1.165) is 0 Å². The van der Waals surface area contributed by atoms with Crippen LogP contribution in [0, 0.1) is 0 Å². The van der Waals surface area contributed by atoms with Crippen LogP contribution in [-0.4, -0.2) is 0 Å². The van der Waals surface area contributed by atoms with Crippen LogP contribution in [0.1, 0.15) is 0 Å². The number of rotatable bonds is 2. The van der Waals surface area contributed by atoms with Crippen molar-refractivity contribution in [2.75, 3.05) is 0 Å². The summed E-state index contributed by atoms with van der Waals surface area (Å²) in [4.78, 5) is 0. The summed E-state index contributed by atoms with van der Waals surface area (Å²) in [7, 11) is 0. The molecule has 0 atom stereocenters. The standard InChI is InChI=1S/7O.2Re. The van der Waals surface area contributed by atoms with Crippen molar-refractivity contribution in [3.8, 4) is 0 Å². The number of hydrogen-bond acceptors (Lipinski definition) is 7. The molecule has 0 aliphatic heterocycles. The van der Waals surface area contributed by atoms with Crippen LogP contribution in [0.15, 0.2) is 0 Å². The Hall–Kier alpha value is 0.0847. The van der Waals surface area contributed by atoms with Gasteiger partial charge in [-0.1, -0.05) is 0 Å². The van der Waals surface area contributed by atoms with E-state index >= 15 is 0 Å². The summed E-state index contributed by atoms with van der Waals surface area (Å²) in [5.41, 5.74) is 0. The van der Waals surface area contributed by atoms with Gasteiger partial charge in [0.05, 0.1) is 0 Å². The van der Waals surface area contributed by atoms with E-state index in [9.17, 15) is 20.8 Å². The third kappa shape index (κ3) is 8.08. The Morgan fingerprint density at radius 3 is 0.889 bits per heavy atom. The second-order valence-corrected chi connectivity index (χ2v) is 10.1. The van der Waals surface area contributed by atoms with Crippen molar-refractivity contribution in [3.63, 3.8) is 0 Å². The summed E-state index contributed by atoms with van der Waals surface area (Å²) >= 11 is -12.9. The van der Waals surface area contributed by atoms with E-state index in [1.54, 1.807) is 0 Å². The fourth-order valence-electron chi connectivity index (χ4n) is 0.0875. The molecule has 0 rings (SSSR count). The van der Waals surface area contributed by atoms with Crippen molar-refractivity contribution in [1.82, 2.24) is 0 Å². The van der Waals surface area contributed by atoms with E-state index in [4.69, 9.17) is 0 Å². The monoisotopic (exact) mass is 486 g/mol. The van der Waals surface area contributed by atoms with Gasteiger partial charge < -0.3 is 0 Å². The molecule has 0 N–H and O–H groups in total. The van der Waals surface area contributed by atoms with Crippen LogP contribution in [0.2, 0.25) is 0 Å². The first kappa shape index (κ1) is 9.08. The van der Waals surface area contributed by atoms with Gasteiger partial charge in [-0.2, -0.15) is 0 Å². The molecule has 7 nitrogen and oxygen atoms in total. The van der Waals surface area contributed by atoms with Crippen LogP contribution in [0.4, 0.5) is 0 Å². The third-order valence-electron chi connectivity index (χ3n) is 0.143. The second-order valence-electron chi connectivity index (χ2n) is 0.814. The van der Waals surface area contributed by atoms with Crippen molar-refractivity contribution >= 4 is 0 Å². The molecule has 0 unspecified atom stereocenters. The van der Waals surface area contributed by atoms with Crippen LogP contribution in [0.5, 0.6) is 0 Å². The summed E-state index contributed by atoms with van der Waals surface area (Å²) < 4.78 is 59.3. The Bertz CT molecular complexity index is 305. The van der Waals surface area contributed by atoms with Gasteiger partial charge in [-0.3, -0.25) is 0 Å². The molecule has 9 heavy (non-hydrogen) atoms. The molecule has 0 radical (unpaired) electrons. The maximum atomic E-state index is 9.44. The van der Waals surface area contributed by atoms with E-state index in [2.05, 4.69) is 2.18 Å². The van der Waals surface area contributed by atoms with Gasteiger partial charge in [0.25, 0.3) is 0 Å². The first-order chi connectivity index (χ1) is 3.71. The van der Waals surface area contributed by atoms with Crippen molar-refractivity contribution in [2.45, 2.75) is 0 Å². The molecule has 0 aromatic rings. The molecule has 0 bridgehead atoms. The van der Waals surface area contributed by atoms with E-state index in [1.165, 1.54) is 0 Å². The minimum absolute atomic E-state index is 2.69. The molecule has 0 heterocycles. The molecule has 0 aliphatic rings. The quantitative estimate of drug-likeness (QED) is 0.505. The van der Waals surface area contributed by atoms with Crippen molar-refractivity contribution in [2.24, 2.45) is 0 Å². The van der Waals surface area contributed by atoms with Gasteiger partial charge in [0.15, 0.2) is 0 Å². The summed E-state index contributed by atoms with van der Waals surface area (Å²) in [6.07, 6.45) is 0. The van der Waals surface area contributed by atoms with Gasteiger partial charge in [0.1, 0.15) is 0 Å². The molecule has 0 aromatic heterocycles. The molecule has 0 aromatic carbocycles. The van der Waals surface area contributed by atoms with Crippen molar-refractivity contribution in [1.29, 1.82) is 0 Å². The average Bonchev–Trinajstić information content (AvgIpc) is 1.14. The van der Waals surface area contributed by atoms with Crippen LogP contribution >= 0.6 is 0 Å². The Morgan fingerprint density at radius 2 is 0.889 bits per heavy atom. The van der Waals surface area contributed by atoms with E-state index in [0.29, 0.717) is 0 Å². The van der Waals surface area contributed by atoms with Gasteiger partial charge in [0, 0.05) is 0 Å². The molecule has 0 fully saturated rings. The van der Waals surface area contributed by atoms with Gasteiger partial charge in [-0.05, 0) is 0 Å². The molecular weight excluding hydrogens is 484 g/mol. The Balaban J connectivity index is 4.91. The van der Waals surface area contributed by atoms with Gasteiger partial charge in [-0.15, -0.1) is 0 Å². The summed E-state index contributed by atoms with van der Waals surface area (Å²) in [6, 6.07) is 0. The van der Waals surface area contributed by atoms with Crippen molar-refractivity contribution < 1.29 is 54.6 Å². The molecule has 0 saturated carbocycles. The van der Waals surface area contributed by atoms with Crippen LogP contribution in [0.25, 0.3) is 0 Å². The normalized spacial score (nSPS) is 13.3. The summed E-state index contributed by atoms with van der Waals surface area (Å²) in [5.74, 6) is 0. The zero-order valence-electron chi connectivity index (χ0n) is 3.61. The molecule has 0 saturated heterocycles. The maximum absolute atomic E-state index is 9.44. The topological polar surface area (TPSA) is 112 Å². The fraction of sp³-hybridized carbons (Fsp3) is 0. The summed E-state index contributed by atoms with van der Waals surface area (Å²) in [5, 5.41) is 0. The third-order valence-corrected chi connectivity index (χ3v) is 9.57. The van der Waals surface area contributed by atoms with E-state index < -0.39 is 31.6 Å². The van der Waals surface area contributed by atoms with E-state index in [-0.39, 0.29) is 0 Å². The molecule has 56 valence electrons. The van der Waals surface area contributed by atoms with Crippen molar-refractivity contribution in [3.05, 3.63) is 0 Å². The first-order valence-corrected chi connectivity index (χ1v) is 10.1. The Morgan fingerprint density at radius 1 is 0.667 bits per heavy atom. The predicted molar refractivity (Wildman–Crippen MR) is 5.20 cm³/mol. The fourth-order valence-corrected chi connectivity index (χ4v) is 5.86. The van der Waals surface area contributed by atoms with Crippen LogP contribution in [-0.2, 0) is 54.6 Å². The van der Waals surface area contributed by atoms with Gasteiger partial charge in [-0.25, -0.2) is 0 Å². The second kappa shape index (κ2) is 2.37. The van der Waals surface area contributed by atoms with Gasteiger partial charge >= 0.3 is 54.6 Å². The Kier molecular flexibility index (Phi) is 2.39. The van der Waals surface area contributed by atoms with Crippen LogP contribution < -0.4 is 0 Å². The zero-order valence-corrected chi connectivity index (χ0v) is 9.05. The number of hydrogen-bond donors (Lipinski definition) is 0. The zero-order chi connectivity index (χ0) is 7.71. The first-order valence-electron chi connectivity index (χ1n) is 1.23. The molecule has 0 aliphatic carbocycles. The molecule has 0 spiro atoms. The van der Waals surface area contributed by atoms with Gasteiger partial charge in [0.2, 0.25) is 0 Å². The molecular formula is O7Re2. The average molecular weight is 484 g/mol.